The molecule has 0 bridgehead atoms. The van der Waals surface area contributed by atoms with E-state index >= 15 is 0 Å². The Bertz CT molecular complexity index is 497. The van der Waals surface area contributed by atoms with Crippen molar-refractivity contribution in [2.45, 2.75) is 24.9 Å². The van der Waals surface area contributed by atoms with Crippen molar-refractivity contribution in [1.29, 1.82) is 0 Å². The van der Waals surface area contributed by atoms with Gasteiger partial charge >= 0.3 is 0 Å². The molecule has 0 aliphatic carbocycles. The molecular weight excluding hydrogens is 246 g/mol. The van der Waals surface area contributed by atoms with Gasteiger partial charge in [-0.05, 0) is 18.9 Å². The Labute approximate surface area is 110 Å². The summed E-state index contributed by atoms with van der Waals surface area (Å²) in [6, 6.07) is 1.61. The third-order valence-corrected chi connectivity index (χ3v) is 3.85. The molecule has 19 heavy (non-hydrogen) atoms. The van der Waals surface area contributed by atoms with Crippen LogP contribution in [0.3, 0.4) is 0 Å². The molecule has 0 aromatic carbocycles. The van der Waals surface area contributed by atoms with Crippen molar-refractivity contribution < 1.29 is 14.3 Å². The summed E-state index contributed by atoms with van der Waals surface area (Å²) in [5.74, 6) is -0.150. The Morgan fingerprint density at radius 2 is 2.26 bits per heavy atom. The van der Waals surface area contributed by atoms with Crippen LogP contribution >= 0.6 is 0 Å². The zero-order valence-corrected chi connectivity index (χ0v) is 10.5. The van der Waals surface area contributed by atoms with Gasteiger partial charge in [0.2, 0.25) is 0 Å². The first-order valence-electron chi connectivity index (χ1n) is 6.44. The minimum Gasteiger partial charge on any atom is -0.367 e. The van der Waals surface area contributed by atoms with Crippen LogP contribution in [0.4, 0.5) is 0 Å². The van der Waals surface area contributed by atoms with Gasteiger partial charge in [-0.1, -0.05) is 0 Å². The minimum atomic E-state index is -0.618. The van der Waals surface area contributed by atoms with Gasteiger partial charge in [0.15, 0.2) is 5.78 Å². The molecule has 2 fully saturated rings. The molecule has 100 valence electrons. The van der Waals surface area contributed by atoms with Crippen LogP contribution in [0, 0.1) is 0 Å². The lowest BCUT2D eigenvalue weighted by Gasteiger charge is -2.37. The van der Waals surface area contributed by atoms with E-state index < -0.39 is 5.60 Å². The molecule has 0 radical (unpaired) electrons. The molecule has 0 unspecified atom stereocenters. The van der Waals surface area contributed by atoms with Gasteiger partial charge in [0.05, 0.1) is 24.5 Å². The van der Waals surface area contributed by atoms with Gasteiger partial charge in [0.1, 0.15) is 5.60 Å². The summed E-state index contributed by atoms with van der Waals surface area (Å²) in [6.45, 7) is 1.32. The summed E-state index contributed by atoms with van der Waals surface area (Å²) < 4.78 is 5.62. The van der Waals surface area contributed by atoms with Gasteiger partial charge < -0.3 is 9.64 Å². The summed E-state index contributed by atoms with van der Waals surface area (Å²) in [7, 11) is 0. The molecule has 3 rings (SSSR count). The summed E-state index contributed by atoms with van der Waals surface area (Å²) in [5.41, 5.74) is -0.154. The molecule has 2 aliphatic rings. The van der Waals surface area contributed by atoms with Crippen LogP contribution in [-0.2, 0) is 9.53 Å². The number of amides is 1. The van der Waals surface area contributed by atoms with Crippen molar-refractivity contribution in [3.05, 3.63) is 24.0 Å². The van der Waals surface area contributed by atoms with Gasteiger partial charge in [-0.3, -0.25) is 9.59 Å². The van der Waals surface area contributed by atoms with Crippen LogP contribution in [0.1, 0.15) is 29.6 Å². The number of ketones is 1. The van der Waals surface area contributed by atoms with E-state index in [2.05, 4.69) is 10.2 Å². The van der Waals surface area contributed by atoms with Crippen molar-refractivity contribution in [2.24, 2.45) is 0 Å². The standard InChI is InChI=1S/C13H15N3O3/c17-11-9-16(6-4-13(11)3-1-7-19-13)12(18)10-2-5-14-15-8-10/h2,5,8H,1,3-4,6-7,9H2/t13-/m0/s1. The number of carbonyl (C=O) groups is 2. The largest absolute Gasteiger partial charge is 0.367 e. The van der Waals surface area contributed by atoms with Crippen LogP contribution in [-0.4, -0.2) is 52.1 Å². The molecule has 0 N–H and O–H groups in total. The fraction of sp³-hybridized carbons (Fsp3) is 0.538. The van der Waals surface area contributed by atoms with Crippen molar-refractivity contribution in [2.75, 3.05) is 19.7 Å². The van der Waals surface area contributed by atoms with Crippen LogP contribution in [0.2, 0.25) is 0 Å². The lowest BCUT2D eigenvalue weighted by atomic mass is 9.87. The Balaban J connectivity index is 1.72. The van der Waals surface area contributed by atoms with E-state index in [1.165, 1.54) is 12.4 Å². The second-order valence-corrected chi connectivity index (χ2v) is 4.98. The van der Waals surface area contributed by atoms with Crippen LogP contribution in [0.15, 0.2) is 18.5 Å². The van der Waals surface area contributed by atoms with E-state index in [0.717, 1.165) is 12.8 Å². The average molecular weight is 261 g/mol. The lowest BCUT2D eigenvalue weighted by Crippen LogP contribution is -2.53. The predicted octanol–water partition coefficient (Wildman–Crippen LogP) is 0.441. The number of rotatable bonds is 1. The third kappa shape index (κ3) is 2.12. The smallest absolute Gasteiger partial charge is 0.255 e. The SMILES string of the molecule is O=C(c1ccnnc1)N1CC[C@@]2(CCCO2)C(=O)C1. The predicted molar refractivity (Wildman–Crippen MR) is 65.5 cm³/mol. The number of carbonyl (C=O) groups excluding carboxylic acids is 2. The normalized spacial score (nSPS) is 26.9. The van der Waals surface area contributed by atoms with Gasteiger partial charge in [-0.15, -0.1) is 0 Å². The molecule has 1 aromatic heterocycles. The number of piperidine rings is 1. The summed E-state index contributed by atoms with van der Waals surface area (Å²) in [5, 5.41) is 7.32. The Hall–Kier alpha value is -1.82. The van der Waals surface area contributed by atoms with E-state index in [0.29, 0.717) is 25.1 Å². The first-order valence-corrected chi connectivity index (χ1v) is 6.44. The molecule has 6 nitrogen and oxygen atoms in total. The molecule has 1 aromatic rings. The highest BCUT2D eigenvalue weighted by Crippen LogP contribution is 2.33. The molecule has 3 heterocycles. The van der Waals surface area contributed by atoms with Gasteiger partial charge in [-0.25, -0.2) is 0 Å². The van der Waals surface area contributed by atoms with Crippen LogP contribution in [0.25, 0.3) is 0 Å². The van der Waals surface area contributed by atoms with Crippen LogP contribution in [0.5, 0.6) is 0 Å². The number of nitrogens with zero attached hydrogens (tertiary/aromatic N) is 3. The Morgan fingerprint density at radius 1 is 1.37 bits per heavy atom. The van der Waals surface area contributed by atoms with E-state index in [-0.39, 0.29) is 18.2 Å². The first kappa shape index (κ1) is 12.2. The molecule has 2 saturated heterocycles. The number of likely N-dealkylation sites (tertiary alicyclic amines) is 1. The van der Waals surface area contributed by atoms with Crippen molar-refractivity contribution in [3.8, 4) is 0 Å². The number of hydrogen-bond acceptors (Lipinski definition) is 5. The first-order chi connectivity index (χ1) is 9.21. The highest BCUT2D eigenvalue weighted by atomic mass is 16.5. The molecular formula is C13H15N3O3. The van der Waals surface area contributed by atoms with E-state index in [9.17, 15) is 9.59 Å². The zero-order chi connectivity index (χ0) is 13.3. The molecule has 6 heteroatoms. The summed E-state index contributed by atoms with van der Waals surface area (Å²) in [4.78, 5) is 26.0. The van der Waals surface area contributed by atoms with Gasteiger partial charge in [0.25, 0.3) is 5.91 Å². The maximum absolute atomic E-state index is 12.2. The monoisotopic (exact) mass is 261 g/mol. The Morgan fingerprint density at radius 3 is 2.89 bits per heavy atom. The number of ether oxygens (including phenoxy) is 1. The highest BCUT2D eigenvalue weighted by molar-refractivity contribution is 5.99. The minimum absolute atomic E-state index is 0.0200. The lowest BCUT2D eigenvalue weighted by molar-refractivity contribution is -0.144. The average Bonchev–Trinajstić information content (AvgIpc) is 2.92. The molecule has 1 spiro atoms. The quantitative estimate of drug-likeness (QED) is 0.733. The van der Waals surface area contributed by atoms with Gasteiger partial charge in [-0.2, -0.15) is 10.2 Å². The number of aromatic nitrogens is 2. The second kappa shape index (κ2) is 4.70. The maximum Gasteiger partial charge on any atom is 0.255 e. The molecule has 0 saturated carbocycles. The highest BCUT2D eigenvalue weighted by Gasteiger charge is 2.46. The van der Waals surface area contributed by atoms with Crippen LogP contribution < -0.4 is 0 Å². The fourth-order valence-corrected chi connectivity index (χ4v) is 2.74. The van der Waals surface area contributed by atoms with E-state index in [1.54, 1.807) is 11.0 Å². The summed E-state index contributed by atoms with van der Waals surface area (Å²) >= 11 is 0. The second-order valence-electron chi connectivity index (χ2n) is 4.98. The van der Waals surface area contributed by atoms with Gasteiger partial charge in [0, 0.05) is 19.6 Å². The van der Waals surface area contributed by atoms with Crippen molar-refractivity contribution >= 4 is 11.7 Å². The molecule has 2 aliphatic heterocycles. The molecule has 1 atom stereocenters. The maximum atomic E-state index is 12.2. The third-order valence-electron chi connectivity index (χ3n) is 3.85. The fourth-order valence-electron chi connectivity index (χ4n) is 2.74. The number of Topliss-reactive ketones (excluding diaryl/α,β-unsaturated/α-hetero) is 1. The molecule has 1 amide bonds. The Kier molecular flexibility index (Phi) is 3.02. The van der Waals surface area contributed by atoms with E-state index in [1.807, 2.05) is 0 Å². The topological polar surface area (TPSA) is 72.4 Å². The van der Waals surface area contributed by atoms with Crippen molar-refractivity contribution in [3.63, 3.8) is 0 Å². The number of hydrogen-bond donors (Lipinski definition) is 0. The van der Waals surface area contributed by atoms with E-state index in [4.69, 9.17) is 4.74 Å². The van der Waals surface area contributed by atoms with Crippen molar-refractivity contribution in [1.82, 2.24) is 15.1 Å². The zero-order valence-electron chi connectivity index (χ0n) is 10.5. The summed E-state index contributed by atoms with van der Waals surface area (Å²) in [6.07, 6.45) is 5.19.